The molecule has 0 aliphatic carbocycles. The van der Waals surface area contributed by atoms with Gasteiger partial charge in [0, 0.05) is 12.0 Å². The summed E-state index contributed by atoms with van der Waals surface area (Å²) in [6.45, 7) is 1.34. The summed E-state index contributed by atoms with van der Waals surface area (Å²) in [5.41, 5.74) is -0.0187. The molecule has 1 N–H and O–H groups in total. The molecule has 1 unspecified atom stereocenters. The summed E-state index contributed by atoms with van der Waals surface area (Å²) >= 11 is 0. The lowest BCUT2D eigenvalue weighted by atomic mass is 10.00. The van der Waals surface area contributed by atoms with Crippen LogP contribution in [0.3, 0.4) is 0 Å². The topological polar surface area (TPSA) is 63.6 Å². The molecule has 1 aromatic rings. The number of carbonyl (C=O) groups excluding carboxylic acids is 1. The number of carbonyl (C=O) groups is 2. The fraction of sp³-hybridized carbons (Fsp3) is 0.333. The van der Waals surface area contributed by atoms with Gasteiger partial charge in [-0.2, -0.15) is 0 Å². The van der Waals surface area contributed by atoms with Gasteiger partial charge in [-0.05, 0) is 12.1 Å². The second-order valence-corrected chi connectivity index (χ2v) is 3.94. The molecular weight excluding hydrogens is 265 g/mol. The molecule has 0 bridgehead atoms. The number of alkyl halides is 3. The maximum absolute atomic E-state index is 12.0. The van der Waals surface area contributed by atoms with Gasteiger partial charge in [0.05, 0.1) is 5.92 Å². The van der Waals surface area contributed by atoms with Crippen LogP contribution >= 0.6 is 0 Å². The molecule has 0 saturated carbocycles. The number of hydrogen-bond acceptors (Lipinski definition) is 3. The smallest absolute Gasteiger partial charge is 0.481 e. The number of rotatable bonds is 5. The van der Waals surface area contributed by atoms with E-state index in [0.29, 0.717) is 0 Å². The van der Waals surface area contributed by atoms with E-state index in [9.17, 15) is 22.8 Å². The zero-order valence-electron chi connectivity index (χ0n) is 9.90. The van der Waals surface area contributed by atoms with Crippen LogP contribution in [-0.2, 0) is 4.79 Å². The Bertz CT molecular complexity index is 482. The third kappa shape index (κ3) is 4.99. The number of hydrogen-bond donors (Lipinski definition) is 1. The van der Waals surface area contributed by atoms with E-state index in [1.165, 1.54) is 19.1 Å². The molecule has 0 aromatic heterocycles. The fourth-order valence-corrected chi connectivity index (χ4v) is 1.35. The summed E-state index contributed by atoms with van der Waals surface area (Å²) in [6.07, 6.45) is -5.12. The van der Waals surface area contributed by atoms with Crippen molar-refractivity contribution in [1.29, 1.82) is 0 Å². The Kier molecular flexibility index (Phi) is 4.52. The highest BCUT2D eigenvalue weighted by Crippen LogP contribution is 2.24. The second kappa shape index (κ2) is 5.73. The van der Waals surface area contributed by atoms with Crippen LogP contribution in [0.5, 0.6) is 5.75 Å². The predicted octanol–water partition coefficient (Wildman–Crippen LogP) is 2.88. The molecule has 1 atom stereocenters. The van der Waals surface area contributed by atoms with E-state index in [1.54, 1.807) is 0 Å². The lowest BCUT2D eigenvalue weighted by molar-refractivity contribution is -0.274. The molecule has 1 aromatic carbocycles. The number of benzene rings is 1. The SMILES string of the molecule is CC(CC(=O)c1cccc(OC(F)(F)F)c1)C(=O)O. The first-order chi connectivity index (χ1) is 8.69. The van der Waals surface area contributed by atoms with E-state index < -0.39 is 29.8 Å². The van der Waals surface area contributed by atoms with Crippen LogP contribution in [0.15, 0.2) is 24.3 Å². The second-order valence-electron chi connectivity index (χ2n) is 3.94. The van der Waals surface area contributed by atoms with Crippen LogP contribution < -0.4 is 4.74 Å². The van der Waals surface area contributed by atoms with Crippen molar-refractivity contribution in [1.82, 2.24) is 0 Å². The Morgan fingerprint density at radius 3 is 2.53 bits per heavy atom. The molecule has 1 rings (SSSR count). The van der Waals surface area contributed by atoms with Crippen LogP contribution in [0.1, 0.15) is 23.7 Å². The highest BCUT2D eigenvalue weighted by molar-refractivity contribution is 5.98. The Labute approximate surface area is 106 Å². The van der Waals surface area contributed by atoms with E-state index in [4.69, 9.17) is 5.11 Å². The summed E-state index contributed by atoms with van der Waals surface area (Å²) in [7, 11) is 0. The van der Waals surface area contributed by atoms with Crippen LogP contribution in [0.4, 0.5) is 13.2 Å². The molecule has 0 aliphatic rings. The van der Waals surface area contributed by atoms with Crippen LogP contribution in [-0.4, -0.2) is 23.2 Å². The number of Topliss-reactive ketones (excluding diaryl/α,β-unsaturated/α-hetero) is 1. The summed E-state index contributed by atoms with van der Waals surface area (Å²) in [5, 5.41) is 8.66. The highest BCUT2D eigenvalue weighted by Gasteiger charge is 2.31. The molecule has 0 radical (unpaired) electrons. The molecular formula is C12H11F3O4. The molecule has 0 fully saturated rings. The normalized spacial score (nSPS) is 12.8. The summed E-state index contributed by atoms with van der Waals surface area (Å²) in [6, 6.07) is 4.54. The summed E-state index contributed by atoms with van der Waals surface area (Å²) < 4.78 is 39.7. The zero-order valence-corrected chi connectivity index (χ0v) is 9.90. The number of carboxylic acid groups (broad SMARTS) is 1. The van der Waals surface area contributed by atoms with E-state index in [0.717, 1.165) is 12.1 Å². The van der Waals surface area contributed by atoms with Crippen molar-refractivity contribution in [3.05, 3.63) is 29.8 Å². The molecule has 0 aliphatic heterocycles. The minimum Gasteiger partial charge on any atom is -0.481 e. The van der Waals surface area contributed by atoms with Gasteiger partial charge in [-0.3, -0.25) is 9.59 Å². The Morgan fingerprint density at radius 2 is 2.00 bits per heavy atom. The molecule has 4 nitrogen and oxygen atoms in total. The van der Waals surface area contributed by atoms with E-state index in [2.05, 4.69) is 4.74 Å². The average molecular weight is 276 g/mol. The zero-order chi connectivity index (χ0) is 14.6. The van der Waals surface area contributed by atoms with Crippen molar-refractivity contribution in [2.24, 2.45) is 5.92 Å². The van der Waals surface area contributed by atoms with Crippen molar-refractivity contribution in [3.8, 4) is 5.75 Å². The minimum atomic E-state index is -4.84. The first-order valence-electron chi connectivity index (χ1n) is 5.31. The van der Waals surface area contributed by atoms with Crippen molar-refractivity contribution < 1.29 is 32.6 Å². The highest BCUT2D eigenvalue weighted by atomic mass is 19.4. The lowest BCUT2D eigenvalue weighted by Gasteiger charge is -2.10. The molecule has 7 heteroatoms. The molecule has 0 spiro atoms. The van der Waals surface area contributed by atoms with Gasteiger partial charge >= 0.3 is 12.3 Å². The molecule has 19 heavy (non-hydrogen) atoms. The maximum Gasteiger partial charge on any atom is 0.573 e. The number of carboxylic acids is 1. The maximum atomic E-state index is 12.0. The van der Waals surface area contributed by atoms with Crippen LogP contribution in [0.25, 0.3) is 0 Å². The standard InChI is InChI=1S/C12H11F3O4/c1-7(11(17)18)5-10(16)8-3-2-4-9(6-8)19-12(13,14)15/h2-4,6-7H,5H2,1H3,(H,17,18). The molecule has 0 heterocycles. The number of ketones is 1. The van der Waals surface area contributed by atoms with E-state index in [-0.39, 0.29) is 12.0 Å². The van der Waals surface area contributed by atoms with Crippen molar-refractivity contribution in [3.63, 3.8) is 0 Å². The predicted molar refractivity (Wildman–Crippen MR) is 58.9 cm³/mol. The van der Waals surface area contributed by atoms with Gasteiger partial charge in [-0.15, -0.1) is 13.2 Å². The van der Waals surface area contributed by atoms with Crippen molar-refractivity contribution >= 4 is 11.8 Å². The number of aliphatic carboxylic acids is 1. The van der Waals surface area contributed by atoms with Gasteiger partial charge in [0.2, 0.25) is 0 Å². The Morgan fingerprint density at radius 1 is 1.37 bits per heavy atom. The van der Waals surface area contributed by atoms with Crippen molar-refractivity contribution in [2.75, 3.05) is 0 Å². The lowest BCUT2D eigenvalue weighted by Crippen LogP contribution is -2.18. The summed E-state index contributed by atoms with van der Waals surface area (Å²) in [5.74, 6) is -3.11. The molecule has 0 amide bonds. The third-order valence-corrected chi connectivity index (χ3v) is 2.30. The van der Waals surface area contributed by atoms with Gasteiger partial charge in [-0.1, -0.05) is 19.1 Å². The average Bonchev–Trinajstić information content (AvgIpc) is 2.26. The minimum absolute atomic E-state index is 0.0187. The third-order valence-electron chi connectivity index (χ3n) is 2.30. The summed E-state index contributed by atoms with van der Waals surface area (Å²) in [4.78, 5) is 22.3. The van der Waals surface area contributed by atoms with Gasteiger partial charge < -0.3 is 9.84 Å². The van der Waals surface area contributed by atoms with Gasteiger partial charge in [0.25, 0.3) is 0 Å². The van der Waals surface area contributed by atoms with Crippen LogP contribution in [0, 0.1) is 5.92 Å². The Balaban J connectivity index is 2.81. The van der Waals surface area contributed by atoms with E-state index in [1.807, 2.05) is 0 Å². The fourth-order valence-electron chi connectivity index (χ4n) is 1.35. The van der Waals surface area contributed by atoms with Crippen LogP contribution in [0.2, 0.25) is 0 Å². The van der Waals surface area contributed by atoms with Gasteiger partial charge in [-0.25, -0.2) is 0 Å². The molecule has 0 saturated heterocycles. The quantitative estimate of drug-likeness (QED) is 0.840. The monoisotopic (exact) mass is 276 g/mol. The van der Waals surface area contributed by atoms with Gasteiger partial charge in [0.1, 0.15) is 5.75 Å². The Hall–Kier alpha value is -2.05. The number of ether oxygens (including phenoxy) is 1. The van der Waals surface area contributed by atoms with Crippen molar-refractivity contribution in [2.45, 2.75) is 19.7 Å². The van der Waals surface area contributed by atoms with E-state index >= 15 is 0 Å². The number of halogens is 3. The largest absolute Gasteiger partial charge is 0.573 e. The molecule has 104 valence electrons. The van der Waals surface area contributed by atoms with Gasteiger partial charge in [0.15, 0.2) is 5.78 Å². The first kappa shape index (κ1) is 15.0. The first-order valence-corrected chi connectivity index (χ1v) is 5.31.